The van der Waals surface area contributed by atoms with Crippen LogP contribution in [-0.4, -0.2) is 31.2 Å². The first kappa shape index (κ1) is 22.1. The van der Waals surface area contributed by atoms with E-state index in [9.17, 15) is 9.90 Å². The molecule has 0 radical (unpaired) electrons. The molecule has 0 amide bonds. The Kier molecular flexibility index (Phi) is 5.83. The second-order valence-electron chi connectivity index (χ2n) is 9.65. The van der Waals surface area contributed by atoms with Crippen molar-refractivity contribution in [1.82, 2.24) is 15.0 Å². The number of benzene rings is 2. The third kappa shape index (κ3) is 4.93. The topological polar surface area (TPSA) is 88.2 Å². The summed E-state index contributed by atoms with van der Waals surface area (Å²) in [5.74, 6) is -0.757. The average Bonchev–Trinajstić information content (AvgIpc) is 3.01. The predicted molar refractivity (Wildman–Crippen MR) is 119 cm³/mol. The number of aliphatic carboxylic acids is 1. The lowest BCUT2D eigenvalue weighted by Crippen LogP contribution is -2.25. The van der Waals surface area contributed by atoms with Gasteiger partial charge in [-0.3, -0.25) is 4.79 Å². The summed E-state index contributed by atoms with van der Waals surface area (Å²) in [5.41, 5.74) is 2.99. The molecule has 0 saturated heterocycles. The molecular formula is C23H28ClN3O3. The summed E-state index contributed by atoms with van der Waals surface area (Å²) in [6.07, 6.45) is 1.20. The van der Waals surface area contributed by atoms with Crippen molar-refractivity contribution in [2.45, 2.75) is 59.3 Å². The Labute approximate surface area is 181 Å². The fraction of sp³-hybridized carbons (Fsp3) is 0.435. The summed E-state index contributed by atoms with van der Waals surface area (Å²) < 4.78 is 0. The first-order valence-electron chi connectivity index (χ1n) is 9.97. The Bertz CT molecular complexity index is 1100. The van der Waals surface area contributed by atoms with Crippen LogP contribution in [0.3, 0.4) is 0 Å². The highest BCUT2D eigenvalue weighted by atomic mass is 35.5. The van der Waals surface area contributed by atoms with E-state index in [1.165, 1.54) is 4.80 Å². The van der Waals surface area contributed by atoms with E-state index in [2.05, 4.69) is 44.8 Å². The monoisotopic (exact) mass is 429 g/mol. The van der Waals surface area contributed by atoms with Crippen LogP contribution in [-0.2, 0) is 16.6 Å². The molecule has 160 valence electrons. The minimum Gasteiger partial charge on any atom is -0.505 e. The highest BCUT2D eigenvalue weighted by Gasteiger charge is 2.31. The zero-order chi connectivity index (χ0) is 22.3. The number of hydrogen-bond acceptors (Lipinski definition) is 4. The van der Waals surface area contributed by atoms with Crippen LogP contribution in [0.15, 0.2) is 30.3 Å². The third-order valence-corrected chi connectivity index (χ3v) is 5.27. The van der Waals surface area contributed by atoms with E-state index in [1.54, 1.807) is 24.3 Å². The smallest absolute Gasteiger partial charge is 0.303 e. The van der Waals surface area contributed by atoms with Crippen LogP contribution in [0.25, 0.3) is 16.7 Å². The lowest BCUT2D eigenvalue weighted by atomic mass is 9.71. The molecule has 0 atom stereocenters. The second-order valence-corrected chi connectivity index (χ2v) is 10.1. The molecule has 0 aliphatic rings. The summed E-state index contributed by atoms with van der Waals surface area (Å²) >= 11 is 6.07. The van der Waals surface area contributed by atoms with Gasteiger partial charge in [0.25, 0.3) is 0 Å². The van der Waals surface area contributed by atoms with E-state index in [0.717, 1.165) is 17.5 Å². The van der Waals surface area contributed by atoms with E-state index in [1.807, 2.05) is 6.07 Å². The van der Waals surface area contributed by atoms with Gasteiger partial charge in [-0.1, -0.05) is 52.3 Å². The van der Waals surface area contributed by atoms with Gasteiger partial charge in [-0.25, -0.2) is 0 Å². The minimum atomic E-state index is -0.863. The molecule has 0 spiro atoms. The van der Waals surface area contributed by atoms with Gasteiger partial charge in [0.1, 0.15) is 22.5 Å². The van der Waals surface area contributed by atoms with Crippen LogP contribution in [0.2, 0.25) is 5.02 Å². The third-order valence-electron chi connectivity index (χ3n) is 5.04. The molecular weight excluding hydrogens is 402 g/mol. The molecule has 7 heteroatoms. The number of rotatable bonds is 6. The standard InChI is InChI=1S/C23H28ClN3O3/c1-22(2,3)13-23(4,5)16-10-14(6-9-20(28)29)11-19(21(16)30)27-25-17-8-7-15(24)12-18(17)26-27/h7-8,10-12,30H,6,9,13H2,1-5H3,(H,28,29). The number of hydrogen-bond donors (Lipinski definition) is 2. The van der Waals surface area contributed by atoms with E-state index < -0.39 is 5.97 Å². The van der Waals surface area contributed by atoms with Crippen molar-refractivity contribution in [3.8, 4) is 11.4 Å². The number of halogens is 1. The van der Waals surface area contributed by atoms with Crippen LogP contribution in [0.1, 0.15) is 58.6 Å². The van der Waals surface area contributed by atoms with Crippen LogP contribution in [0.4, 0.5) is 0 Å². The largest absolute Gasteiger partial charge is 0.505 e. The number of phenolic OH excluding ortho intramolecular Hbond substituents is 1. The normalized spacial score (nSPS) is 12.5. The fourth-order valence-electron chi connectivity index (χ4n) is 4.16. The lowest BCUT2D eigenvalue weighted by molar-refractivity contribution is -0.136. The van der Waals surface area contributed by atoms with Crippen molar-refractivity contribution >= 4 is 28.6 Å². The number of aromatic nitrogens is 3. The quantitative estimate of drug-likeness (QED) is 0.539. The Hall–Kier alpha value is -2.60. The van der Waals surface area contributed by atoms with Gasteiger partial charge in [0, 0.05) is 17.0 Å². The highest BCUT2D eigenvalue weighted by Crippen LogP contribution is 2.42. The molecule has 3 aromatic rings. The van der Waals surface area contributed by atoms with Crippen molar-refractivity contribution in [1.29, 1.82) is 0 Å². The number of fused-ring (bicyclic) bond motifs is 1. The zero-order valence-corrected chi connectivity index (χ0v) is 18.8. The van der Waals surface area contributed by atoms with E-state index in [4.69, 9.17) is 16.7 Å². The van der Waals surface area contributed by atoms with E-state index in [-0.39, 0.29) is 23.0 Å². The van der Waals surface area contributed by atoms with Gasteiger partial charge in [-0.15, -0.1) is 15.0 Å². The molecule has 2 aromatic carbocycles. The van der Waals surface area contributed by atoms with Crippen molar-refractivity contribution in [3.05, 3.63) is 46.5 Å². The Balaban J connectivity index is 2.17. The Morgan fingerprint density at radius 3 is 2.37 bits per heavy atom. The molecule has 0 aliphatic carbocycles. The molecule has 1 aromatic heterocycles. The van der Waals surface area contributed by atoms with Crippen LogP contribution in [0, 0.1) is 5.41 Å². The predicted octanol–water partition coefficient (Wildman–Crippen LogP) is 5.51. The maximum absolute atomic E-state index is 11.2. The second kappa shape index (κ2) is 7.91. The molecule has 1 heterocycles. The van der Waals surface area contributed by atoms with Crippen LogP contribution >= 0.6 is 11.6 Å². The summed E-state index contributed by atoms with van der Waals surface area (Å²) in [6, 6.07) is 8.90. The SMILES string of the molecule is CC(C)(C)CC(C)(C)c1cc(CCC(=O)O)cc(-n2nc3ccc(Cl)cc3n2)c1O. The van der Waals surface area contributed by atoms with E-state index in [0.29, 0.717) is 28.2 Å². The number of carbonyl (C=O) groups is 1. The minimum absolute atomic E-state index is 0.00741. The molecule has 0 saturated carbocycles. The van der Waals surface area contributed by atoms with Crippen molar-refractivity contribution in [2.24, 2.45) is 5.41 Å². The van der Waals surface area contributed by atoms with Gasteiger partial charge in [-0.2, -0.15) is 0 Å². The maximum atomic E-state index is 11.2. The average molecular weight is 430 g/mol. The molecule has 3 rings (SSSR count). The van der Waals surface area contributed by atoms with E-state index >= 15 is 0 Å². The number of carboxylic acids is 1. The Morgan fingerprint density at radius 1 is 1.07 bits per heavy atom. The number of aromatic hydroxyl groups is 1. The van der Waals surface area contributed by atoms with Crippen molar-refractivity contribution in [2.75, 3.05) is 0 Å². The molecule has 30 heavy (non-hydrogen) atoms. The molecule has 0 bridgehead atoms. The summed E-state index contributed by atoms with van der Waals surface area (Å²) in [6.45, 7) is 10.7. The van der Waals surface area contributed by atoms with Crippen molar-refractivity contribution < 1.29 is 15.0 Å². The first-order valence-corrected chi connectivity index (χ1v) is 10.3. The fourth-order valence-corrected chi connectivity index (χ4v) is 4.32. The molecule has 0 unspecified atom stereocenters. The number of carboxylic acid groups (broad SMARTS) is 1. The molecule has 2 N–H and O–H groups in total. The summed E-state index contributed by atoms with van der Waals surface area (Å²) in [5, 5.41) is 29.9. The maximum Gasteiger partial charge on any atom is 0.303 e. The van der Waals surface area contributed by atoms with Crippen molar-refractivity contribution in [3.63, 3.8) is 0 Å². The molecule has 0 aliphatic heterocycles. The Morgan fingerprint density at radius 2 is 1.73 bits per heavy atom. The zero-order valence-electron chi connectivity index (χ0n) is 18.0. The number of phenols is 1. The van der Waals surface area contributed by atoms with Crippen LogP contribution in [0.5, 0.6) is 5.75 Å². The summed E-state index contributed by atoms with van der Waals surface area (Å²) in [7, 11) is 0. The molecule has 0 fully saturated rings. The van der Waals surface area contributed by atoms with Gasteiger partial charge in [0.05, 0.1) is 0 Å². The van der Waals surface area contributed by atoms with Gasteiger partial charge in [-0.05, 0) is 53.5 Å². The first-order chi connectivity index (χ1) is 13.9. The van der Waals surface area contributed by atoms with Gasteiger partial charge < -0.3 is 10.2 Å². The lowest BCUT2D eigenvalue weighted by Gasteiger charge is -2.34. The van der Waals surface area contributed by atoms with Crippen LogP contribution < -0.4 is 0 Å². The van der Waals surface area contributed by atoms with Gasteiger partial charge in [0.2, 0.25) is 0 Å². The number of nitrogens with zero attached hydrogens (tertiary/aromatic N) is 3. The number of aryl methyl sites for hydroxylation is 1. The summed E-state index contributed by atoms with van der Waals surface area (Å²) in [4.78, 5) is 12.5. The van der Waals surface area contributed by atoms with Gasteiger partial charge in [0.15, 0.2) is 0 Å². The van der Waals surface area contributed by atoms with Gasteiger partial charge >= 0.3 is 5.97 Å². The molecule has 6 nitrogen and oxygen atoms in total. The highest BCUT2D eigenvalue weighted by molar-refractivity contribution is 6.31.